The molecule has 1 aromatic heterocycles. The molecule has 0 radical (unpaired) electrons. The standard InChI is InChI=1S/C23H20FNO5/c1-26-17-9-8-13(10-16(17)24)23-25-21-15(6-5-7-18(21)30-23)14-11-19(27-2)22(29-4)20(12-14)28-3/h5-12H,1-4H3. The summed E-state index contributed by atoms with van der Waals surface area (Å²) >= 11 is 0. The number of rotatable bonds is 6. The summed E-state index contributed by atoms with van der Waals surface area (Å²) in [5.74, 6) is 1.56. The molecule has 4 rings (SSSR count). The van der Waals surface area contributed by atoms with Crippen LogP contribution in [-0.4, -0.2) is 33.4 Å². The summed E-state index contributed by atoms with van der Waals surface area (Å²) in [6.07, 6.45) is 0. The third kappa shape index (κ3) is 3.28. The van der Waals surface area contributed by atoms with Gasteiger partial charge in [-0.15, -0.1) is 0 Å². The number of methoxy groups -OCH3 is 4. The highest BCUT2D eigenvalue weighted by Crippen LogP contribution is 2.42. The van der Waals surface area contributed by atoms with Gasteiger partial charge in [0.05, 0.1) is 28.4 Å². The molecule has 3 aromatic carbocycles. The monoisotopic (exact) mass is 409 g/mol. The third-order valence-electron chi connectivity index (χ3n) is 4.79. The number of para-hydroxylation sites is 1. The molecule has 0 saturated heterocycles. The second-order valence-corrected chi connectivity index (χ2v) is 6.43. The molecule has 0 aliphatic carbocycles. The van der Waals surface area contributed by atoms with E-state index in [1.165, 1.54) is 13.2 Å². The van der Waals surface area contributed by atoms with Crippen molar-refractivity contribution in [3.05, 3.63) is 54.3 Å². The van der Waals surface area contributed by atoms with Gasteiger partial charge >= 0.3 is 0 Å². The summed E-state index contributed by atoms with van der Waals surface area (Å²) in [5.41, 5.74) is 3.36. The molecule has 7 heteroatoms. The minimum atomic E-state index is -0.484. The molecule has 0 amide bonds. The predicted molar refractivity (Wildman–Crippen MR) is 111 cm³/mol. The van der Waals surface area contributed by atoms with E-state index in [0.717, 1.165) is 11.1 Å². The number of ether oxygens (including phenoxy) is 4. The van der Waals surface area contributed by atoms with Crippen LogP contribution in [0.15, 0.2) is 52.9 Å². The van der Waals surface area contributed by atoms with Gasteiger partial charge in [0.1, 0.15) is 5.52 Å². The number of nitrogens with zero attached hydrogens (tertiary/aromatic N) is 1. The van der Waals surface area contributed by atoms with Crippen LogP contribution in [0.25, 0.3) is 33.7 Å². The highest BCUT2D eigenvalue weighted by atomic mass is 19.1. The summed E-state index contributed by atoms with van der Waals surface area (Å²) in [4.78, 5) is 4.62. The van der Waals surface area contributed by atoms with Gasteiger partial charge in [0, 0.05) is 11.1 Å². The van der Waals surface area contributed by atoms with Crippen LogP contribution in [0.2, 0.25) is 0 Å². The molecule has 6 nitrogen and oxygen atoms in total. The Morgan fingerprint density at radius 3 is 2.07 bits per heavy atom. The summed E-state index contributed by atoms with van der Waals surface area (Å²) in [6, 6.07) is 13.9. The molecule has 0 unspecified atom stereocenters. The fourth-order valence-corrected chi connectivity index (χ4v) is 3.34. The highest BCUT2D eigenvalue weighted by Gasteiger charge is 2.18. The van der Waals surface area contributed by atoms with Crippen molar-refractivity contribution in [3.63, 3.8) is 0 Å². The Balaban J connectivity index is 1.87. The first kappa shape index (κ1) is 19.6. The summed E-state index contributed by atoms with van der Waals surface area (Å²) in [6.45, 7) is 0. The van der Waals surface area contributed by atoms with Crippen LogP contribution in [0.5, 0.6) is 23.0 Å². The van der Waals surface area contributed by atoms with Crippen LogP contribution >= 0.6 is 0 Å². The minimum absolute atomic E-state index is 0.160. The highest BCUT2D eigenvalue weighted by molar-refractivity contribution is 5.93. The number of hydrogen-bond acceptors (Lipinski definition) is 6. The molecular formula is C23H20FNO5. The van der Waals surface area contributed by atoms with Gasteiger partial charge < -0.3 is 23.4 Å². The fraction of sp³-hybridized carbons (Fsp3) is 0.174. The van der Waals surface area contributed by atoms with Crippen molar-refractivity contribution in [1.29, 1.82) is 0 Å². The van der Waals surface area contributed by atoms with Gasteiger partial charge in [-0.3, -0.25) is 0 Å². The average molecular weight is 409 g/mol. The van der Waals surface area contributed by atoms with Gasteiger partial charge in [0.25, 0.3) is 0 Å². The second-order valence-electron chi connectivity index (χ2n) is 6.43. The molecule has 154 valence electrons. The molecule has 0 atom stereocenters. The van der Waals surface area contributed by atoms with Crippen molar-refractivity contribution in [2.24, 2.45) is 0 Å². The lowest BCUT2D eigenvalue weighted by Crippen LogP contribution is -1.96. The fourth-order valence-electron chi connectivity index (χ4n) is 3.34. The SMILES string of the molecule is COc1ccc(-c2nc3c(-c4cc(OC)c(OC)c(OC)c4)cccc3o2)cc1F. The summed E-state index contributed by atoms with van der Waals surface area (Å²) in [5, 5.41) is 0. The largest absolute Gasteiger partial charge is 0.494 e. The maximum atomic E-state index is 14.1. The molecule has 1 heterocycles. The second kappa shape index (κ2) is 7.94. The number of oxazole rings is 1. The van der Waals surface area contributed by atoms with Crippen LogP contribution < -0.4 is 18.9 Å². The van der Waals surface area contributed by atoms with Gasteiger partial charge in [-0.25, -0.2) is 9.37 Å². The van der Waals surface area contributed by atoms with Crippen LogP contribution in [0.3, 0.4) is 0 Å². The van der Waals surface area contributed by atoms with E-state index < -0.39 is 5.82 Å². The summed E-state index contributed by atoms with van der Waals surface area (Å²) < 4.78 is 41.3. The Hall–Kier alpha value is -3.74. The quantitative estimate of drug-likeness (QED) is 0.429. The molecule has 30 heavy (non-hydrogen) atoms. The van der Waals surface area contributed by atoms with Crippen molar-refractivity contribution in [2.75, 3.05) is 28.4 Å². The van der Waals surface area contributed by atoms with Gasteiger partial charge in [-0.2, -0.15) is 0 Å². The zero-order valence-electron chi connectivity index (χ0n) is 17.0. The molecular weight excluding hydrogens is 389 g/mol. The zero-order valence-corrected chi connectivity index (χ0v) is 17.0. The molecule has 0 bridgehead atoms. The molecule has 0 spiro atoms. The molecule has 0 saturated carbocycles. The van der Waals surface area contributed by atoms with Gasteiger partial charge in [-0.1, -0.05) is 12.1 Å². The van der Waals surface area contributed by atoms with Crippen molar-refractivity contribution in [3.8, 4) is 45.6 Å². The Labute approximate surface area is 172 Å². The molecule has 4 aromatic rings. The number of hydrogen-bond donors (Lipinski definition) is 0. The first-order chi connectivity index (χ1) is 14.6. The van der Waals surface area contributed by atoms with E-state index in [9.17, 15) is 4.39 Å². The number of benzene rings is 3. The Kier molecular flexibility index (Phi) is 5.18. The third-order valence-corrected chi connectivity index (χ3v) is 4.79. The first-order valence-corrected chi connectivity index (χ1v) is 9.13. The van der Waals surface area contributed by atoms with E-state index in [0.29, 0.717) is 39.8 Å². The van der Waals surface area contributed by atoms with Crippen LogP contribution in [0.1, 0.15) is 0 Å². The van der Waals surface area contributed by atoms with Crippen molar-refractivity contribution in [2.45, 2.75) is 0 Å². The Morgan fingerprint density at radius 1 is 0.767 bits per heavy atom. The lowest BCUT2D eigenvalue weighted by molar-refractivity contribution is 0.324. The molecule has 0 fully saturated rings. The van der Waals surface area contributed by atoms with E-state index in [1.54, 1.807) is 33.5 Å². The van der Waals surface area contributed by atoms with Crippen LogP contribution in [0.4, 0.5) is 4.39 Å². The van der Waals surface area contributed by atoms with E-state index in [4.69, 9.17) is 23.4 Å². The minimum Gasteiger partial charge on any atom is -0.494 e. The van der Waals surface area contributed by atoms with E-state index in [2.05, 4.69) is 4.98 Å². The van der Waals surface area contributed by atoms with Gasteiger partial charge in [-0.05, 0) is 42.0 Å². The van der Waals surface area contributed by atoms with Crippen molar-refractivity contribution >= 4 is 11.1 Å². The van der Waals surface area contributed by atoms with E-state index in [1.807, 2.05) is 30.3 Å². The lowest BCUT2D eigenvalue weighted by atomic mass is 10.0. The number of halogens is 1. The zero-order chi connectivity index (χ0) is 21.3. The van der Waals surface area contributed by atoms with E-state index in [-0.39, 0.29) is 5.75 Å². The first-order valence-electron chi connectivity index (χ1n) is 9.13. The van der Waals surface area contributed by atoms with E-state index >= 15 is 0 Å². The Bertz CT molecular complexity index is 1190. The predicted octanol–water partition coefficient (Wildman–Crippen LogP) is 5.34. The summed E-state index contributed by atoms with van der Waals surface area (Å²) in [7, 11) is 6.10. The number of aromatic nitrogens is 1. The Morgan fingerprint density at radius 2 is 1.47 bits per heavy atom. The van der Waals surface area contributed by atoms with Crippen molar-refractivity contribution < 1.29 is 27.8 Å². The lowest BCUT2D eigenvalue weighted by Gasteiger charge is -2.14. The smallest absolute Gasteiger partial charge is 0.227 e. The molecule has 0 N–H and O–H groups in total. The average Bonchev–Trinajstić information content (AvgIpc) is 3.22. The number of fused-ring (bicyclic) bond motifs is 1. The van der Waals surface area contributed by atoms with Gasteiger partial charge in [0.2, 0.25) is 11.6 Å². The molecule has 0 aliphatic rings. The maximum Gasteiger partial charge on any atom is 0.227 e. The molecule has 0 aliphatic heterocycles. The van der Waals surface area contributed by atoms with Crippen LogP contribution in [0, 0.1) is 5.82 Å². The van der Waals surface area contributed by atoms with Crippen LogP contribution in [-0.2, 0) is 0 Å². The van der Waals surface area contributed by atoms with Crippen molar-refractivity contribution in [1.82, 2.24) is 4.98 Å². The maximum absolute atomic E-state index is 14.1. The normalized spacial score (nSPS) is 10.8. The van der Waals surface area contributed by atoms with Gasteiger partial charge in [0.15, 0.2) is 28.6 Å². The topological polar surface area (TPSA) is 63.0 Å².